The molecule has 110 valence electrons. The normalized spacial score (nSPS) is 23.3. The van der Waals surface area contributed by atoms with Crippen LogP contribution >= 0.6 is 24.2 Å². The summed E-state index contributed by atoms with van der Waals surface area (Å²) in [5, 5.41) is -0.337. The van der Waals surface area contributed by atoms with Gasteiger partial charge in [-0.2, -0.15) is 12.6 Å². The number of imidazole rings is 1. The Hall–Kier alpha value is -0.790. The molecule has 2 unspecified atom stereocenters. The molecule has 1 aliphatic heterocycles. The highest BCUT2D eigenvalue weighted by molar-refractivity contribution is 7.93. The van der Waals surface area contributed by atoms with Crippen molar-refractivity contribution in [2.75, 3.05) is 11.6 Å². The third-order valence-electron chi connectivity index (χ3n) is 3.14. The van der Waals surface area contributed by atoms with E-state index in [2.05, 4.69) is 27.6 Å². The molecule has 0 radical (unpaired) electrons. The predicted octanol–water partition coefficient (Wildman–Crippen LogP) is 2.15. The number of thiol groups is 1. The highest BCUT2D eigenvalue weighted by Gasteiger charge is 2.43. The second kappa shape index (κ2) is 6.32. The van der Waals surface area contributed by atoms with E-state index in [-0.39, 0.29) is 17.4 Å². The third-order valence-corrected chi connectivity index (χ3v) is 6.15. The van der Waals surface area contributed by atoms with Crippen molar-refractivity contribution >= 4 is 40.3 Å². The van der Waals surface area contributed by atoms with E-state index >= 15 is 0 Å². The van der Waals surface area contributed by atoms with E-state index in [1.807, 2.05) is 0 Å². The lowest BCUT2D eigenvalue weighted by molar-refractivity contribution is 0.538. The average Bonchev–Trinajstić information content (AvgIpc) is 3.07. The van der Waals surface area contributed by atoms with Crippen LogP contribution in [0.15, 0.2) is 29.5 Å². The number of allylic oxidation sites excluding steroid dienone is 1. The number of aromatic nitrogens is 2. The Morgan fingerprint density at radius 1 is 1.50 bits per heavy atom. The van der Waals surface area contributed by atoms with Crippen LogP contribution in [-0.2, 0) is 9.84 Å². The summed E-state index contributed by atoms with van der Waals surface area (Å²) in [6.07, 6.45) is 8.72. The van der Waals surface area contributed by atoms with Crippen LogP contribution in [0.5, 0.6) is 0 Å². The lowest BCUT2D eigenvalue weighted by atomic mass is 10.1. The zero-order valence-corrected chi connectivity index (χ0v) is 13.2. The van der Waals surface area contributed by atoms with Gasteiger partial charge in [0.25, 0.3) is 0 Å². The number of sulfone groups is 1. The fraction of sp³-hybridized carbons (Fsp3) is 0.500. The molecule has 0 aliphatic carbocycles. The molecular formula is C12H16ClN3O2S2. The molecule has 0 amide bonds. The Bertz CT molecular complexity index is 584. The van der Waals surface area contributed by atoms with Gasteiger partial charge < -0.3 is 4.98 Å². The number of nitrogens with one attached hydrogen (secondary N) is 1. The molecule has 5 nitrogen and oxygen atoms in total. The van der Waals surface area contributed by atoms with Gasteiger partial charge in [0.05, 0.1) is 11.0 Å². The summed E-state index contributed by atoms with van der Waals surface area (Å²) >= 11 is 10.0. The minimum Gasteiger partial charge on any atom is -0.348 e. The van der Waals surface area contributed by atoms with Gasteiger partial charge in [-0.1, -0.05) is 0 Å². The van der Waals surface area contributed by atoms with E-state index in [1.165, 1.54) is 6.21 Å². The number of rotatable bonds is 7. The maximum atomic E-state index is 12.5. The number of nitrogens with zero attached hydrogens (tertiary/aromatic N) is 2. The fourth-order valence-electron chi connectivity index (χ4n) is 2.09. The third kappa shape index (κ3) is 3.10. The Labute approximate surface area is 128 Å². The summed E-state index contributed by atoms with van der Waals surface area (Å²) in [7, 11) is -3.43. The Morgan fingerprint density at radius 2 is 2.30 bits per heavy atom. The van der Waals surface area contributed by atoms with Crippen molar-refractivity contribution in [3.05, 3.63) is 30.4 Å². The summed E-state index contributed by atoms with van der Waals surface area (Å²) < 4.78 is 25.1. The second-order valence-corrected chi connectivity index (χ2v) is 7.88. The minimum absolute atomic E-state index is 0.0107. The number of aliphatic imine (C=N–C) groups is 1. The van der Waals surface area contributed by atoms with Crippen molar-refractivity contribution in [3.8, 4) is 0 Å². The van der Waals surface area contributed by atoms with Crippen molar-refractivity contribution in [2.24, 2.45) is 4.99 Å². The van der Waals surface area contributed by atoms with Gasteiger partial charge in [-0.3, -0.25) is 4.99 Å². The average molecular weight is 334 g/mol. The summed E-state index contributed by atoms with van der Waals surface area (Å²) in [6, 6.07) is 0. The van der Waals surface area contributed by atoms with Gasteiger partial charge in [-0.05, 0) is 18.6 Å². The van der Waals surface area contributed by atoms with E-state index in [4.69, 9.17) is 11.6 Å². The summed E-state index contributed by atoms with van der Waals surface area (Å²) in [5.74, 6) is 0.956. The Balaban J connectivity index is 2.23. The minimum atomic E-state index is -3.43. The summed E-state index contributed by atoms with van der Waals surface area (Å²) in [5.41, 5.74) is 0. The largest absolute Gasteiger partial charge is 0.348 e. The number of hydrogen-bond acceptors (Lipinski definition) is 5. The van der Waals surface area contributed by atoms with Crippen LogP contribution in [0.3, 0.4) is 0 Å². The van der Waals surface area contributed by atoms with E-state index in [9.17, 15) is 8.42 Å². The molecule has 20 heavy (non-hydrogen) atoms. The van der Waals surface area contributed by atoms with Gasteiger partial charge in [-0.15, -0.1) is 11.6 Å². The molecule has 0 bridgehead atoms. The molecule has 0 saturated heterocycles. The number of halogens is 1. The summed E-state index contributed by atoms with van der Waals surface area (Å²) in [4.78, 5) is 9.99. The van der Waals surface area contributed by atoms with Crippen molar-refractivity contribution in [1.29, 1.82) is 0 Å². The van der Waals surface area contributed by atoms with Crippen molar-refractivity contribution < 1.29 is 8.42 Å². The van der Waals surface area contributed by atoms with Crippen LogP contribution in [-0.4, -0.2) is 41.1 Å². The molecular weight excluding hydrogens is 318 g/mol. The van der Waals surface area contributed by atoms with Gasteiger partial charge in [-0.25, -0.2) is 13.4 Å². The van der Waals surface area contributed by atoms with Crippen LogP contribution in [0.4, 0.5) is 0 Å². The number of hydrogen-bond donors (Lipinski definition) is 2. The Kier molecular flexibility index (Phi) is 4.93. The zero-order valence-electron chi connectivity index (χ0n) is 10.7. The van der Waals surface area contributed by atoms with E-state index < -0.39 is 14.7 Å². The molecule has 2 atom stereocenters. The molecule has 2 rings (SSSR count). The first kappa shape index (κ1) is 15.6. The molecule has 0 saturated carbocycles. The molecule has 0 spiro atoms. The van der Waals surface area contributed by atoms with E-state index in [0.717, 1.165) is 0 Å². The summed E-state index contributed by atoms with van der Waals surface area (Å²) in [6.45, 7) is 0. The quantitative estimate of drug-likeness (QED) is 0.593. The SMILES string of the molecule is O=S(=O)(CCCCl)C1(CC(S)c2ncc[nH]2)C=CC=N1. The first-order valence-corrected chi connectivity index (χ1v) is 8.90. The van der Waals surface area contributed by atoms with Gasteiger partial charge >= 0.3 is 0 Å². The van der Waals surface area contributed by atoms with Gasteiger partial charge in [0.1, 0.15) is 5.82 Å². The van der Waals surface area contributed by atoms with Gasteiger partial charge in [0.2, 0.25) is 0 Å². The second-order valence-electron chi connectivity index (χ2n) is 4.54. The molecule has 8 heteroatoms. The lowest BCUT2D eigenvalue weighted by Crippen LogP contribution is -2.36. The van der Waals surface area contributed by atoms with Gasteiger partial charge in [0.15, 0.2) is 14.7 Å². The maximum Gasteiger partial charge on any atom is 0.181 e. The lowest BCUT2D eigenvalue weighted by Gasteiger charge is -2.26. The van der Waals surface area contributed by atoms with Crippen molar-refractivity contribution in [1.82, 2.24) is 9.97 Å². The molecule has 0 aromatic carbocycles. The Morgan fingerprint density at radius 3 is 2.85 bits per heavy atom. The monoisotopic (exact) mass is 333 g/mol. The number of H-pyrrole nitrogens is 1. The molecule has 1 aromatic heterocycles. The first-order chi connectivity index (χ1) is 9.51. The van der Waals surface area contributed by atoms with Crippen molar-refractivity contribution in [3.63, 3.8) is 0 Å². The highest BCUT2D eigenvalue weighted by atomic mass is 35.5. The van der Waals surface area contributed by atoms with E-state index in [0.29, 0.717) is 18.1 Å². The van der Waals surface area contributed by atoms with E-state index in [1.54, 1.807) is 24.5 Å². The molecule has 2 heterocycles. The van der Waals surface area contributed by atoms with Crippen LogP contribution < -0.4 is 0 Å². The smallest absolute Gasteiger partial charge is 0.181 e. The predicted molar refractivity (Wildman–Crippen MR) is 84.4 cm³/mol. The highest BCUT2D eigenvalue weighted by Crippen LogP contribution is 2.37. The maximum absolute atomic E-state index is 12.5. The molecule has 1 N–H and O–H groups in total. The molecule has 1 aromatic rings. The van der Waals surface area contributed by atoms with Crippen LogP contribution in [0.1, 0.15) is 23.9 Å². The zero-order chi connectivity index (χ0) is 14.6. The van der Waals surface area contributed by atoms with Crippen molar-refractivity contribution in [2.45, 2.75) is 23.0 Å². The number of alkyl halides is 1. The molecule has 0 fully saturated rings. The van der Waals surface area contributed by atoms with Crippen LogP contribution in [0.25, 0.3) is 0 Å². The first-order valence-electron chi connectivity index (χ1n) is 6.19. The van der Waals surface area contributed by atoms with Gasteiger partial charge in [0, 0.05) is 30.9 Å². The van der Waals surface area contributed by atoms with Crippen LogP contribution in [0, 0.1) is 0 Å². The molecule has 1 aliphatic rings. The number of aromatic amines is 1. The topological polar surface area (TPSA) is 75.2 Å². The standard InChI is InChI=1S/C12H16ClN3O2S2/c13-4-2-8-20(17,18)12(3-1-5-16-12)9-10(19)11-14-6-7-15-11/h1,3,5-7,10,19H,2,4,8-9H2,(H,14,15). The van der Waals surface area contributed by atoms with Crippen LogP contribution in [0.2, 0.25) is 0 Å². The fourth-order valence-corrected chi connectivity index (χ4v) is 4.73.